The summed E-state index contributed by atoms with van der Waals surface area (Å²) in [6.45, 7) is 6.92. The summed E-state index contributed by atoms with van der Waals surface area (Å²) < 4.78 is 5.58. The van der Waals surface area contributed by atoms with Gasteiger partial charge in [-0.05, 0) is 35.6 Å². The van der Waals surface area contributed by atoms with Gasteiger partial charge in [-0.1, -0.05) is 43.3 Å². The van der Waals surface area contributed by atoms with E-state index in [-0.39, 0.29) is 35.3 Å². The second kappa shape index (κ2) is 11.5. The van der Waals surface area contributed by atoms with Crippen LogP contribution in [-0.2, 0) is 11.3 Å². The zero-order valence-corrected chi connectivity index (χ0v) is 19.9. The number of benzene rings is 2. The molecule has 0 bridgehead atoms. The number of hydrogen-bond acceptors (Lipinski definition) is 8. The molecule has 0 aliphatic heterocycles. The normalized spacial score (nSPS) is 11.0. The Labute approximate surface area is 202 Å². The molecule has 10 heteroatoms. The van der Waals surface area contributed by atoms with Gasteiger partial charge >= 0.3 is 0 Å². The minimum Gasteiger partial charge on any atom is -0.508 e. The van der Waals surface area contributed by atoms with Crippen LogP contribution in [0.4, 0.5) is 0 Å². The molecule has 0 aliphatic rings. The molecule has 3 aromatic rings. The maximum atomic E-state index is 12.7. The fourth-order valence-electron chi connectivity index (χ4n) is 3.66. The van der Waals surface area contributed by atoms with Gasteiger partial charge in [0, 0.05) is 32.1 Å². The van der Waals surface area contributed by atoms with Crippen LogP contribution in [0.15, 0.2) is 40.9 Å². The number of nitrogens with one attached hydrogen (secondary N) is 3. The minimum absolute atomic E-state index is 0.0150. The van der Waals surface area contributed by atoms with Crippen LogP contribution in [0, 0.1) is 0 Å². The first-order valence-corrected chi connectivity index (χ1v) is 11.3. The van der Waals surface area contributed by atoms with Gasteiger partial charge in [0.1, 0.15) is 11.5 Å². The summed E-state index contributed by atoms with van der Waals surface area (Å²) in [5.74, 6) is -0.902. The third-order valence-electron chi connectivity index (χ3n) is 5.48. The van der Waals surface area contributed by atoms with E-state index in [0.29, 0.717) is 41.9 Å². The lowest BCUT2D eigenvalue weighted by atomic mass is 9.94. The highest BCUT2D eigenvalue weighted by atomic mass is 16.5. The van der Waals surface area contributed by atoms with Gasteiger partial charge in [-0.3, -0.25) is 14.8 Å². The minimum atomic E-state index is -0.469. The maximum absolute atomic E-state index is 12.7. The SMILES string of the molecule is CCNC(=O)c1noc(-c2cc(C(C)C)c(O)cc2O)c1-c1ccc(CNCCC(=O)NO)cc1. The Bertz CT molecular complexity index is 1190. The largest absolute Gasteiger partial charge is 0.508 e. The number of nitrogens with zero attached hydrogens (tertiary/aromatic N) is 1. The van der Waals surface area contributed by atoms with Gasteiger partial charge in [0.2, 0.25) is 5.91 Å². The summed E-state index contributed by atoms with van der Waals surface area (Å²) >= 11 is 0. The molecule has 1 aromatic heterocycles. The molecule has 2 amide bonds. The number of carbonyl (C=O) groups excluding carboxylic acids is 2. The smallest absolute Gasteiger partial charge is 0.274 e. The third-order valence-corrected chi connectivity index (χ3v) is 5.48. The lowest BCUT2D eigenvalue weighted by Gasteiger charge is -2.13. The van der Waals surface area contributed by atoms with Crippen molar-refractivity contribution in [1.82, 2.24) is 21.3 Å². The van der Waals surface area contributed by atoms with E-state index in [4.69, 9.17) is 9.73 Å². The average molecular weight is 483 g/mol. The Kier molecular flexibility index (Phi) is 8.45. The Morgan fingerprint density at radius 3 is 2.43 bits per heavy atom. The van der Waals surface area contributed by atoms with Crippen LogP contribution in [0.5, 0.6) is 11.5 Å². The van der Waals surface area contributed by atoms with Gasteiger partial charge in [-0.25, -0.2) is 5.48 Å². The van der Waals surface area contributed by atoms with E-state index in [9.17, 15) is 19.8 Å². The van der Waals surface area contributed by atoms with Crippen molar-refractivity contribution in [1.29, 1.82) is 0 Å². The van der Waals surface area contributed by atoms with Gasteiger partial charge in [0.25, 0.3) is 5.91 Å². The van der Waals surface area contributed by atoms with E-state index in [1.54, 1.807) is 18.5 Å². The topological polar surface area (TPSA) is 157 Å². The van der Waals surface area contributed by atoms with Gasteiger partial charge in [0.05, 0.1) is 11.1 Å². The van der Waals surface area contributed by atoms with Crippen molar-refractivity contribution in [2.45, 2.75) is 39.7 Å². The van der Waals surface area contributed by atoms with Gasteiger partial charge in [-0.2, -0.15) is 0 Å². The molecule has 0 spiro atoms. The van der Waals surface area contributed by atoms with Crippen LogP contribution < -0.4 is 16.1 Å². The van der Waals surface area contributed by atoms with Gasteiger partial charge < -0.3 is 25.4 Å². The standard InChI is InChI=1S/C25H30N4O6/c1-4-27-25(33)23-22(16-7-5-15(6-8-16)13-26-10-9-21(32)28-34)24(35-29-23)18-11-17(14(2)3)19(30)12-20(18)31/h5-8,11-12,14,26,30-31,34H,4,9-10,13H2,1-3H3,(H,27,33)(H,28,32). The lowest BCUT2D eigenvalue weighted by molar-refractivity contribution is -0.129. The molecule has 2 aromatic carbocycles. The highest BCUT2D eigenvalue weighted by Gasteiger charge is 2.27. The molecule has 0 unspecified atom stereocenters. The summed E-state index contributed by atoms with van der Waals surface area (Å²) in [6, 6.07) is 10.3. The van der Waals surface area contributed by atoms with Gasteiger partial charge in [-0.15, -0.1) is 0 Å². The van der Waals surface area contributed by atoms with Gasteiger partial charge in [0.15, 0.2) is 11.5 Å². The van der Waals surface area contributed by atoms with E-state index < -0.39 is 11.8 Å². The van der Waals surface area contributed by atoms with Crippen molar-refractivity contribution in [2.75, 3.05) is 13.1 Å². The van der Waals surface area contributed by atoms with Crippen molar-refractivity contribution in [3.05, 3.63) is 53.2 Å². The van der Waals surface area contributed by atoms with Crippen LogP contribution in [0.3, 0.4) is 0 Å². The molecule has 0 atom stereocenters. The van der Waals surface area contributed by atoms with Crippen LogP contribution in [0.25, 0.3) is 22.5 Å². The summed E-state index contributed by atoms with van der Waals surface area (Å²) in [4.78, 5) is 23.8. The monoisotopic (exact) mass is 482 g/mol. The van der Waals surface area contributed by atoms with E-state index in [2.05, 4.69) is 15.8 Å². The molecular weight excluding hydrogens is 452 g/mol. The number of aromatic hydroxyl groups is 2. The Morgan fingerprint density at radius 2 is 1.80 bits per heavy atom. The van der Waals surface area contributed by atoms with Crippen molar-refractivity contribution in [3.8, 4) is 33.9 Å². The molecule has 0 aliphatic carbocycles. The first-order valence-electron chi connectivity index (χ1n) is 11.3. The van der Waals surface area contributed by atoms with E-state index in [1.165, 1.54) is 6.07 Å². The molecule has 1 heterocycles. The fraction of sp³-hybridized carbons (Fsp3) is 0.320. The van der Waals surface area contributed by atoms with Crippen LogP contribution in [-0.4, -0.2) is 45.5 Å². The molecule has 0 saturated heterocycles. The van der Waals surface area contributed by atoms with Crippen LogP contribution in [0.1, 0.15) is 54.7 Å². The number of phenolic OH excluding ortho intramolecular Hbond substituents is 2. The van der Waals surface area contributed by atoms with Crippen LogP contribution >= 0.6 is 0 Å². The predicted octanol–water partition coefficient (Wildman–Crippen LogP) is 3.28. The van der Waals surface area contributed by atoms with Crippen LogP contribution in [0.2, 0.25) is 0 Å². The van der Waals surface area contributed by atoms with Crippen molar-refractivity contribution in [2.24, 2.45) is 0 Å². The Balaban J connectivity index is 1.98. The van der Waals surface area contributed by atoms with E-state index in [0.717, 1.165) is 5.56 Å². The second-order valence-electron chi connectivity index (χ2n) is 8.34. The third kappa shape index (κ3) is 5.97. The number of hydroxylamine groups is 1. The molecule has 0 radical (unpaired) electrons. The number of rotatable bonds is 10. The second-order valence-corrected chi connectivity index (χ2v) is 8.34. The summed E-state index contributed by atoms with van der Waals surface area (Å²) in [5.41, 5.74) is 4.62. The number of carbonyl (C=O) groups is 2. The van der Waals surface area contributed by atoms with Crippen molar-refractivity contribution in [3.63, 3.8) is 0 Å². The first kappa shape index (κ1) is 25.7. The molecule has 35 heavy (non-hydrogen) atoms. The molecule has 10 nitrogen and oxygen atoms in total. The first-order chi connectivity index (χ1) is 16.8. The summed E-state index contributed by atoms with van der Waals surface area (Å²) in [6.07, 6.45) is 0.142. The molecule has 0 fully saturated rings. The number of phenols is 2. The number of hydrogen-bond donors (Lipinski definition) is 6. The lowest BCUT2D eigenvalue weighted by Crippen LogP contribution is -2.24. The number of aromatic nitrogens is 1. The van der Waals surface area contributed by atoms with E-state index >= 15 is 0 Å². The Morgan fingerprint density at radius 1 is 1.09 bits per heavy atom. The maximum Gasteiger partial charge on any atom is 0.274 e. The quantitative estimate of drug-likeness (QED) is 0.146. The molecule has 6 N–H and O–H groups in total. The molecular formula is C25H30N4O6. The molecule has 3 rings (SSSR count). The predicted molar refractivity (Wildman–Crippen MR) is 129 cm³/mol. The zero-order valence-electron chi connectivity index (χ0n) is 19.9. The average Bonchev–Trinajstić information content (AvgIpc) is 3.27. The van der Waals surface area contributed by atoms with Crippen molar-refractivity contribution < 1.29 is 29.5 Å². The zero-order chi connectivity index (χ0) is 25.5. The number of amides is 2. The fourth-order valence-corrected chi connectivity index (χ4v) is 3.66. The highest BCUT2D eigenvalue weighted by molar-refractivity contribution is 6.02. The van der Waals surface area contributed by atoms with Crippen molar-refractivity contribution >= 4 is 11.8 Å². The highest BCUT2D eigenvalue weighted by Crippen LogP contribution is 2.43. The van der Waals surface area contributed by atoms with E-state index in [1.807, 2.05) is 38.1 Å². The molecule has 186 valence electrons. The summed E-state index contributed by atoms with van der Waals surface area (Å²) in [7, 11) is 0. The molecule has 0 saturated carbocycles. The summed E-state index contributed by atoms with van der Waals surface area (Å²) in [5, 5.41) is 39.2. The Hall–Kier alpha value is -3.89.